The lowest BCUT2D eigenvalue weighted by Gasteiger charge is -2.30. The van der Waals surface area contributed by atoms with Gasteiger partial charge >= 0.3 is 6.09 Å². The van der Waals surface area contributed by atoms with E-state index in [-0.39, 0.29) is 29.1 Å². The van der Waals surface area contributed by atoms with Gasteiger partial charge in [-0.05, 0) is 38.8 Å². The Hall–Kier alpha value is -2.33. The number of anilines is 1. The minimum absolute atomic E-state index is 0.0438. The molecule has 0 bridgehead atoms. The highest BCUT2D eigenvalue weighted by molar-refractivity contribution is 6.33. The van der Waals surface area contributed by atoms with Gasteiger partial charge in [0.2, 0.25) is 5.91 Å². The highest BCUT2D eigenvalue weighted by Gasteiger charge is 2.29. The molecule has 0 radical (unpaired) electrons. The summed E-state index contributed by atoms with van der Waals surface area (Å²) in [5.74, 6) is 0.0611. The third-order valence-electron chi connectivity index (χ3n) is 6.21. The predicted octanol–water partition coefficient (Wildman–Crippen LogP) is 1.50. The zero-order chi connectivity index (χ0) is 23.1. The molecule has 32 heavy (non-hydrogen) atoms. The molecule has 0 unspecified atom stereocenters. The molecule has 2 amide bonds. The number of amides is 2. The molecule has 178 valence electrons. The molecule has 2 fully saturated rings. The molecule has 3 N–H and O–H groups in total. The third-order valence-corrected chi connectivity index (χ3v) is 6.58. The van der Waals surface area contributed by atoms with Crippen LogP contribution in [0.2, 0.25) is 5.02 Å². The van der Waals surface area contributed by atoms with Crippen LogP contribution in [0.1, 0.15) is 46.0 Å². The fourth-order valence-corrected chi connectivity index (χ4v) is 4.51. The van der Waals surface area contributed by atoms with E-state index in [0.717, 1.165) is 38.8 Å². The lowest BCUT2D eigenvalue weighted by atomic mass is 9.91. The maximum absolute atomic E-state index is 12.4. The molecule has 2 heterocycles. The highest BCUT2D eigenvalue weighted by atomic mass is 35.5. The van der Waals surface area contributed by atoms with E-state index in [4.69, 9.17) is 16.3 Å². The van der Waals surface area contributed by atoms with Crippen LogP contribution in [0, 0.1) is 0 Å². The quantitative estimate of drug-likeness (QED) is 0.528. The largest absolute Gasteiger partial charge is 0.444 e. The Labute approximate surface area is 193 Å². The van der Waals surface area contributed by atoms with Gasteiger partial charge in [0.1, 0.15) is 11.1 Å². The van der Waals surface area contributed by atoms with Gasteiger partial charge in [-0.1, -0.05) is 25.4 Å². The molecule has 1 atom stereocenters. The average Bonchev–Trinajstić information content (AvgIpc) is 3.23. The minimum Gasteiger partial charge on any atom is -0.444 e. The number of nitrogens with one attached hydrogen (secondary N) is 3. The van der Waals surface area contributed by atoms with Crippen LogP contribution in [0.5, 0.6) is 0 Å². The van der Waals surface area contributed by atoms with Crippen molar-refractivity contribution in [2.24, 2.45) is 0 Å². The van der Waals surface area contributed by atoms with Gasteiger partial charge in [0, 0.05) is 25.0 Å². The zero-order valence-electron chi connectivity index (χ0n) is 18.7. The van der Waals surface area contributed by atoms with Crippen LogP contribution in [-0.4, -0.2) is 78.0 Å². The number of nitrogens with zero attached hydrogens (tertiary/aromatic N) is 3. The standard InChI is InChI=1S/C21H33ClN6O4/c1-3-27(4-2)13-18(29)24-14-5-7-15(8-6-14)25-21(31)32-16-9-10-28(12-16)17-11-23-26-20(30)19(17)22/h11,14-16H,3-10,12-13H2,1-2H3,(H,24,29)(H,25,31)(H,26,30)/t14?,15?,16-/m1/s1. The van der Waals surface area contributed by atoms with Crippen LogP contribution in [0.3, 0.4) is 0 Å². The van der Waals surface area contributed by atoms with Crippen LogP contribution in [0.15, 0.2) is 11.0 Å². The molecule has 10 nitrogen and oxygen atoms in total. The Bertz CT molecular complexity index is 838. The number of aromatic amines is 1. The smallest absolute Gasteiger partial charge is 0.407 e. The second kappa shape index (κ2) is 11.5. The van der Waals surface area contributed by atoms with Gasteiger partial charge in [0.15, 0.2) is 0 Å². The summed E-state index contributed by atoms with van der Waals surface area (Å²) >= 11 is 6.06. The van der Waals surface area contributed by atoms with Gasteiger partial charge in [-0.3, -0.25) is 14.5 Å². The first-order valence-electron chi connectivity index (χ1n) is 11.4. The van der Waals surface area contributed by atoms with E-state index in [1.807, 2.05) is 18.7 Å². The first-order chi connectivity index (χ1) is 15.4. The minimum atomic E-state index is -0.439. The second-order valence-electron chi connectivity index (χ2n) is 8.38. The number of hydrogen-bond acceptors (Lipinski definition) is 7. The van der Waals surface area contributed by atoms with Crippen molar-refractivity contribution in [3.05, 3.63) is 21.6 Å². The molecule has 1 aliphatic carbocycles. The Morgan fingerprint density at radius 3 is 2.50 bits per heavy atom. The van der Waals surface area contributed by atoms with Gasteiger partial charge in [-0.25, -0.2) is 9.89 Å². The lowest BCUT2D eigenvalue weighted by molar-refractivity contribution is -0.123. The summed E-state index contributed by atoms with van der Waals surface area (Å²) in [6.07, 6.45) is 4.72. The number of alkyl carbamates (subject to hydrolysis) is 1. The van der Waals surface area contributed by atoms with Crippen LogP contribution in [0.4, 0.5) is 10.5 Å². The summed E-state index contributed by atoms with van der Waals surface area (Å²) in [4.78, 5) is 40.2. The number of likely N-dealkylation sites (N-methyl/N-ethyl adjacent to an activating group) is 1. The maximum Gasteiger partial charge on any atom is 0.407 e. The number of aromatic nitrogens is 2. The third kappa shape index (κ3) is 6.59. The van der Waals surface area contributed by atoms with E-state index >= 15 is 0 Å². The highest BCUT2D eigenvalue weighted by Crippen LogP contribution is 2.26. The van der Waals surface area contributed by atoms with E-state index in [2.05, 4.69) is 25.7 Å². The molecule has 1 aromatic heterocycles. The molecular formula is C21H33ClN6O4. The van der Waals surface area contributed by atoms with Gasteiger partial charge in [-0.2, -0.15) is 5.10 Å². The molecule has 1 aliphatic heterocycles. The maximum atomic E-state index is 12.4. The van der Waals surface area contributed by atoms with Gasteiger partial charge in [0.05, 0.1) is 25.0 Å². The summed E-state index contributed by atoms with van der Waals surface area (Å²) in [6.45, 7) is 7.32. The number of carbonyl (C=O) groups excluding carboxylic acids is 2. The Morgan fingerprint density at radius 2 is 1.84 bits per heavy atom. The fourth-order valence-electron chi connectivity index (χ4n) is 4.30. The molecule has 11 heteroatoms. The number of halogens is 1. The topological polar surface area (TPSA) is 120 Å². The summed E-state index contributed by atoms with van der Waals surface area (Å²) in [7, 11) is 0. The monoisotopic (exact) mass is 468 g/mol. The predicted molar refractivity (Wildman–Crippen MR) is 122 cm³/mol. The molecular weight excluding hydrogens is 436 g/mol. The van der Waals surface area contributed by atoms with Crippen molar-refractivity contribution in [3.63, 3.8) is 0 Å². The van der Waals surface area contributed by atoms with Crippen LogP contribution in [-0.2, 0) is 9.53 Å². The lowest BCUT2D eigenvalue weighted by Crippen LogP contribution is -2.46. The van der Waals surface area contributed by atoms with E-state index in [1.54, 1.807) is 0 Å². The first kappa shape index (κ1) is 24.3. The molecule has 1 aromatic rings. The summed E-state index contributed by atoms with van der Waals surface area (Å²) in [6, 6.07) is 0.199. The summed E-state index contributed by atoms with van der Waals surface area (Å²) in [5, 5.41) is 12.2. The second-order valence-corrected chi connectivity index (χ2v) is 8.76. The van der Waals surface area contributed by atoms with E-state index < -0.39 is 11.7 Å². The molecule has 2 aliphatic rings. The molecule has 0 aromatic carbocycles. The SMILES string of the molecule is CCN(CC)CC(=O)NC1CCC(NC(=O)O[C@@H]2CCN(c3cn[nH]c(=O)c3Cl)C2)CC1. The summed E-state index contributed by atoms with van der Waals surface area (Å²) < 4.78 is 5.58. The van der Waals surface area contributed by atoms with E-state index in [1.165, 1.54) is 6.20 Å². The van der Waals surface area contributed by atoms with Gasteiger partial charge < -0.3 is 20.3 Å². The number of carbonyl (C=O) groups is 2. The normalized spacial score (nSPS) is 23.2. The van der Waals surface area contributed by atoms with Crippen molar-refractivity contribution in [1.82, 2.24) is 25.7 Å². The average molecular weight is 469 g/mol. The van der Waals surface area contributed by atoms with E-state index in [0.29, 0.717) is 31.7 Å². The molecule has 1 saturated carbocycles. The Kier molecular flexibility index (Phi) is 8.75. The molecule has 0 spiro atoms. The zero-order valence-corrected chi connectivity index (χ0v) is 19.5. The number of hydrogen-bond donors (Lipinski definition) is 3. The van der Waals surface area contributed by atoms with Crippen molar-refractivity contribution in [2.75, 3.05) is 37.6 Å². The van der Waals surface area contributed by atoms with Gasteiger partial charge in [-0.15, -0.1) is 0 Å². The molecule has 1 saturated heterocycles. The Morgan fingerprint density at radius 1 is 1.19 bits per heavy atom. The number of H-pyrrole nitrogens is 1. The van der Waals surface area contributed by atoms with Crippen molar-refractivity contribution in [1.29, 1.82) is 0 Å². The van der Waals surface area contributed by atoms with Crippen molar-refractivity contribution < 1.29 is 14.3 Å². The summed E-state index contributed by atoms with van der Waals surface area (Å²) in [5.41, 5.74) is 0.106. The Balaban J connectivity index is 1.37. The number of rotatable bonds is 8. The van der Waals surface area contributed by atoms with Crippen LogP contribution in [0.25, 0.3) is 0 Å². The fraction of sp³-hybridized carbons (Fsp3) is 0.714. The van der Waals surface area contributed by atoms with Crippen LogP contribution < -0.4 is 21.1 Å². The van der Waals surface area contributed by atoms with Crippen LogP contribution >= 0.6 is 11.6 Å². The molecule has 3 rings (SSSR count). The van der Waals surface area contributed by atoms with Crippen molar-refractivity contribution >= 4 is 29.3 Å². The first-order valence-corrected chi connectivity index (χ1v) is 11.7. The van der Waals surface area contributed by atoms with Crippen molar-refractivity contribution in [2.45, 2.75) is 64.1 Å². The number of ether oxygens (including phenoxy) is 1. The van der Waals surface area contributed by atoms with Gasteiger partial charge in [0.25, 0.3) is 5.56 Å². The van der Waals surface area contributed by atoms with E-state index in [9.17, 15) is 14.4 Å². The van der Waals surface area contributed by atoms with Crippen molar-refractivity contribution in [3.8, 4) is 0 Å².